The Balaban J connectivity index is 3.13. The van der Waals surface area contributed by atoms with Crippen LogP contribution < -0.4 is 0 Å². The van der Waals surface area contributed by atoms with Gasteiger partial charge in [-0.25, -0.2) is 9.18 Å². The van der Waals surface area contributed by atoms with Crippen LogP contribution in [0.3, 0.4) is 0 Å². The van der Waals surface area contributed by atoms with E-state index in [0.29, 0.717) is 0 Å². The third kappa shape index (κ3) is 2.74. The Morgan fingerprint density at radius 1 is 1.36 bits per heavy atom. The molecule has 0 spiro atoms. The highest BCUT2D eigenvalue weighted by molar-refractivity contribution is 6.44. The van der Waals surface area contributed by atoms with Gasteiger partial charge in [-0.15, -0.1) is 23.2 Å². The van der Waals surface area contributed by atoms with E-state index in [1.54, 1.807) is 0 Å². The van der Waals surface area contributed by atoms with Crippen molar-refractivity contribution in [2.45, 2.75) is 4.84 Å². The van der Waals surface area contributed by atoms with Crippen molar-refractivity contribution >= 4 is 41.0 Å². The molecule has 0 saturated heterocycles. The number of alkyl halides is 2. The molecule has 6 heteroatoms. The van der Waals surface area contributed by atoms with Crippen molar-refractivity contribution in [2.24, 2.45) is 0 Å². The van der Waals surface area contributed by atoms with E-state index in [9.17, 15) is 9.18 Å². The third-order valence-corrected chi connectivity index (χ3v) is 2.12. The summed E-state index contributed by atoms with van der Waals surface area (Å²) in [5.41, 5.74) is 0.228. The topological polar surface area (TPSA) is 26.3 Å². The number of hydrogen-bond donors (Lipinski definition) is 0. The fourth-order valence-corrected chi connectivity index (χ4v) is 1.24. The maximum atomic E-state index is 12.9. The first-order valence-corrected chi connectivity index (χ1v) is 4.64. The molecule has 0 bridgehead atoms. The van der Waals surface area contributed by atoms with E-state index in [-0.39, 0.29) is 11.1 Å². The SMILES string of the molecule is O=C(OCl)c1cc(F)cc(C(Cl)Cl)c1. The molecule has 1 rings (SSSR count). The Kier molecular flexibility index (Phi) is 3.98. The minimum absolute atomic E-state index is 0.0405. The summed E-state index contributed by atoms with van der Waals surface area (Å²) in [5.74, 6) is -1.49. The van der Waals surface area contributed by atoms with Crippen LogP contribution in [0, 0.1) is 5.82 Å². The average molecular weight is 257 g/mol. The number of halogens is 4. The number of hydrogen-bond acceptors (Lipinski definition) is 2. The molecule has 0 saturated carbocycles. The second kappa shape index (κ2) is 4.82. The highest BCUT2D eigenvalue weighted by Crippen LogP contribution is 2.26. The Bertz CT molecular complexity index is 354. The van der Waals surface area contributed by atoms with Gasteiger partial charge in [-0.3, -0.25) is 0 Å². The lowest BCUT2D eigenvalue weighted by Crippen LogP contribution is -2.00. The first-order chi connectivity index (χ1) is 6.54. The van der Waals surface area contributed by atoms with Gasteiger partial charge in [-0.05, 0) is 23.8 Å². The van der Waals surface area contributed by atoms with Crippen LogP contribution >= 0.6 is 35.1 Å². The standard InChI is InChI=1S/C8H4Cl3FO2/c9-7(10)4-1-5(8(13)14-11)3-6(12)2-4/h1-3,7H. The summed E-state index contributed by atoms with van der Waals surface area (Å²) in [6, 6.07) is 3.40. The Hall–Kier alpha value is -0.510. The predicted molar refractivity (Wildman–Crippen MR) is 52.1 cm³/mol. The van der Waals surface area contributed by atoms with Crippen LogP contribution in [0.15, 0.2) is 18.2 Å². The molecule has 0 aliphatic rings. The van der Waals surface area contributed by atoms with E-state index in [1.807, 2.05) is 0 Å². The molecule has 0 radical (unpaired) electrons. The second-order valence-electron chi connectivity index (χ2n) is 2.44. The zero-order valence-electron chi connectivity index (χ0n) is 6.64. The molecule has 0 unspecified atom stereocenters. The van der Waals surface area contributed by atoms with Crippen LogP contribution in [0.5, 0.6) is 0 Å². The van der Waals surface area contributed by atoms with Gasteiger partial charge in [0.05, 0.1) is 5.56 Å². The highest BCUT2D eigenvalue weighted by atomic mass is 35.5. The lowest BCUT2D eigenvalue weighted by molar-refractivity contribution is 0.0750. The normalized spacial score (nSPS) is 10.4. The maximum Gasteiger partial charge on any atom is 0.356 e. The van der Waals surface area contributed by atoms with Crippen LogP contribution in [-0.4, -0.2) is 5.97 Å². The molecule has 0 aliphatic carbocycles. The molecule has 0 aromatic heterocycles. The molecular weight excluding hydrogens is 253 g/mol. The fraction of sp³-hybridized carbons (Fsp3) is 0.125. The van der Waals surface area contributed by atoms with Gasteiger partial charge in [0, 0.05) is 0 Å². The quantitative estimate of drug-likeness (QED) is 0.757. The van der Waals surface area contributed by atoms with E-state index in [4.69, 9.17) is 35.1 Å². The van der Waals surface area contributed by atoms with Crippen molar-refractivity contribution in [3.63, 3.8) is 0 Å². The summed E-state index contributed by atoms with van der Waals surface area (Å²) >= 11 is 15.9. The lowest BCUT2D eigenvalue weighted by Gasteiger charge is -2.03. The van der Waals surface area contributed by atoms with E-state index in [2.05, 4.69) is 4.29 Å². The summed E-state index contributed by atoms with van der Waals surface area (Å²) in [6.45, 7) is 0. The average Bonchev–Trinajstić information content (AvgIpc) is 2.15. The van der Waals surface area contributed by atoms with Crippen molar-refractivity contribution in [2.75, 3.05) is 0 Å². The fourth-order valence-electron chi connectivity index (χ4n) is 0.901. The number of carbonyl (C=O) groups is 1. The summed E-state index contributed by atoms with van der Waals surface area (Å²) in [4.78, 5) is 10.0. The van der Waals surface area contributed by atoms with Crippen molar-refractivity contribution in [3.8, 4) is 0 Å². The van der Waals surface area contributed by atoms with E-state index in [1.165, 1.54) is 6.07 Å². The van der Waals surface area contributed by atoms with Gasteiger partial charge in [0.1, 0.15) is 22.5 Å². The number of benzene rings is 1. The van der Waals surface area contributed by atoms with Crippen molar-refractivity contribution in [1.29, 1.82) is 0 Å². The van der Waals surface area contributed by atoms with E-state index >= 15 is 0 Å². The van der Waals surface area contributed by atoms with Crippen molar-refractivity contribution < 1.29 is 13.5 Å². The molecule has 0 amide bonds. The van der Waals surface area contributed by atoms with Gasteiger partial charge in [0.25, 0.3) is 0 Å². The molecule has 1 aromatic carbocycles. The molecule has 2 nitrogen and oxygen atoms in total. The Labute approximate surface area is 94.7 Å². The van der Waals surface area contributed by atoms with Gasteiger partial charge in [0.15, 0.2) is 0 Å². The van der Waals surface area contributed by atoms with E-state index < -0.39 is 16.6 Å². The molecule has 1 aromatic rings. The van der Waals surface area contributed by atoms with Gasteiger partial charge >= 0.3 is 5.97 Å². The number of rotatable bonds is 2. The molecular formula is C8H4Cl3FO2. The summed E-state index contributed by atoms with van der Waals surface area (Å²) in [6.07, 6.45) is 0. The lowest BCUT2D eigenvalue weighted by atomic mass is 10.1. The Morgan fingerprint density at radius 2 is 2.00 bits per heavy atom. The van der Waals surface area contributed by atoms with Gasteiger partial charge < -0.3 is 4.29 Å². The molecule has 14 heavy (non-hydrogen) atoms. The monoisotopic (exact) mass is 256 g/mol. The summed E-state index contributed by atoms with van der Waals surface area (Å²) in [5, 5.41) is 0. The van der Waals surface area contributed by atoms with Gasteiger partial charge in [0.2, 0.25) is 0 Å². The van der Waals surface area contributed by atoms with Gasteiger partial charge in [-0.1, -0.05) is 0 Å². The van der Waals surface area contributed by atoms with Gasteiger partial charge in [-0.2, -0.15) is 0 Å². The predicted octanol–water partition coefficient (Wildman–Crippen LogP) is 3.61. The molecule has 0 fully saturated rings. The summed E-state index contributed by atoms with van der Waals surface area (Å²) < 4.78 is 16.8. The van der Waals surface area contributed by atoms with Crippen LogP contribution in [0.25, 0.3) is 0 Å². The molecule has 76 valence electrons. The van der Waals surface area contributed by atoms with Crippen LogP contribution in [0.4, 0.5) is 4.39 Å². The second-order valence-corrected chi connectivity index (χ2v) is 3.69. The van der Waals surface area contributed by atoms with E-state index in [0.717, 1.165) is 12.1 Å². The molecule has 0 N–H and O–H groups in total. The minimum Gasteiger partial charge on any atom is -0.343 e. The van der Waals surface area contributed by atoms with Crippen LogP contribution in [0.1, 0.15) is 20.8 Å². The zero-order valence-corrected chi connectivity index (χ0v) is 8.91. The Morgan fingerprint density at radius 3 is 2.50 bits per heavy atom. The van der Waals surface area contributed by atoms with Crippen LogP contribution in [0.2, 0.25) is 0 Å². The van der Waals surface area contributed by atoms with Crippen molar-refractivity contribution in [3.05, 3.63) is 35.1 Å². The maximum absolute atomic E-state index is 12.9. The summed E-state index contributed by atoms with van der Waals surface area (Å²) in [7, 11) is 0. The van der Waals surface area contributed by atoms with Crippen LogP contribution in [-0.2, 0) is 4.29 Å². The van der Waals surface area contributed by atoms with Crippen molar-refractivity contribution in [1.82, 2.24) is 0 Å². The molecule has 0 aliphatic heterocycles. The zero-order chi connectivity index (χ0) is 10.7. The highest BCUT2D eigenvalue weighted by Gasteiger charge is 2.12. The third-order valence-electron chi connectivity index (χ3n) is 1.48. The molecule has 0 atom stereocenters. The first-order valence-electron chi connectivity index (χ1n) is 3.46. The first kappa shape index (κ1) is 11.6. The molecule has 0 heterocycles. The number of carbonyl (C=O) groups excluding carboxylic acids is 1. The smallest absolute Gasteiger partial charge is 0.343 e. The minimum atomic E-state index is -0.910. The largest absolute Gasteiger partial charge is 0.356 e.